The zero-order valence-corrected chi connectivity index (χ0v) is 27.3. The van der Waals surface area contributed by atoms with Gasteiger partial charge in [0.1, 0.15) is 0 Å². The monoisotopic (exact) mass is 632 g/mol. The Bertz CT molecular complexity index is 1210. The van der Waals surface area contributed by atoms with Crippen molar-refractivity contribution in [3.63, 3.8) is 0 Å². The van der Waals surface area contributed by atoms with Crippen LogP contribution in [0.15, 0.2) is 23.8 Å². The van der Waals surface area contributed by atoms with Gasteiger partial charge in [-0.1, -0.05) is 70.9 Å². The van der Waals surface area contributed by atoms with Crippen molar-refractivity contribution in [2.24, 2.45) is 28.6 Å². The number of rotatable bonds is 11. The summed E-state index contributed by atoms with van der Waals surface area (Å²) in [6.45, 7) is 5.62. The normalized spacial score (nSPS) is 37.9. The van der Waals surface area contributed by atoms with Gasteiger partial charge in [-0.3, -0.25) is 14.4 Å². The third kappa shape index (κ3) is 5.56. The average molecular weight is 633 g/mol. The van der Waals surface area contributed by atoms with Crippen molar-refractivity contribution in [2.45, 2.75) is 127 Å². The summed E-state index contributed by atoms with van der Waals surface area (Å²) in [6.07, 6.45) is 13.3. The van der Waals surface area contributed by atoms with Crippen molar-refractivity contribution in [3.8, 4) is 0 Å². The minimum absolute atomic E-state index is 0.0829. The maximum absolute atomic E-state index is 14.2. The first-order chi connectivity index (χ1) is 20.9. The molecule has 4 saturated carbocycles. The fourth-order valence-electron chi connectivity index (χ4n) is 9.52. The molecule has 244 valence electrons. The molecule has 7 atom stereocenters. The second-order valence-electron chi connectivity index (χ2n) is 14.3. The molecule has 5 aliphatic carbocycles. The van der Waals surface area contributed by atoms with Gasteiger partial charge >= 0.3 is 12.1 Å². The lowest BCUT2D eigenvalue weighted by molar-refractivity contribution is -0.182. The molecule has 0 heterocycles. The number of Topliss-reactive ketones (excluding diaryl/α,β-unsaturated/α-hetero) is 1. The van der Waals surface area contributed by atoms with Gasteiger partial charge in [0.2, 0.25) is 5.78 Å². The van der Waals surface area contributed by atoms with Crippen LogP contribution in [-0.4, -0.2) is 58.6 Å². The smallest absolute Gasteiger partial charge is 0.457 e. The highest BCUT2D eigenvalue weighted by Gasteiger charge is 2.74. The van der Waals surface area contributed by atoms with Crippen LogP contribution in [-0.2, 0) is 28.6 Å². The molecule has 0 aliphatic heterocycles. The predicted octanol–water partition coefficient (Wildman–Crippen LogP) is 6.79. The molecule has 0 radical (unpaired) electrons. The minimum atomic E-state index is -1.64. The molecule has 9 heteroatoms. The molecular formula is C35H49ClO8. The topological polar surface area (TPSA) is 116 Å². The molecular weight excluding hydrogens is 584 g/mol. The van der Waals surface area contributed by atoms with Gasteiger partial charge in [0.15, 0.2) is 18.0 Å². The molecule has 44 heavy (non-hydrogen) atoms. The van der Waals surface area contributed by atoms with Gasteiger partial charge in [-0.2, -0.15) is 0 Å². The van der Waals surface area contributed by atoms with Crippen molar-refractivity contribution in [3.05, 3.63) is 23.8 Å². The third-order valence-corrected chi connectivity index (χ3v) is 13.0. The van der Waals surface area contributed by atoms with E-state index in [-0.39, 0.29) is 43.5 Å². The van der Waals surface area contributed by atoms with Crippen LogP contribution in [0, 0.1) is 28.6 Å². The summed E-state index contributed by atoms with van der Waals surface area (Å²) in [5.41, 5.74) is -2.44. The second-order valence-corrected chi connectivity index (χ2v) is 14.9. The van der Waals surface area contributed by atoms with Crippen LogP contribution < -0.4 is 0 Å². The third-order valence-electron chi connectivity index (χ3n) is 12.0. The number of ketones is 2. The fraction of sp³-hybridized carbons (Fsp3) is 0.771. The predicted molar refractivity (Wildman–Crippen MR) is 165 cm³/mol. The highest BCUT2D eigenvalue weighted by atomic mass is 35.5. The lowest BCUT2D eigenvalue weighted by Crippen LogP contribution is -2.69. The van der Waals surface area contributed by atoms with Crippen molar-refractivity contribution in [2.75, 3.05) is 13.2 Å². The number of alkyl halides is 1. The lowest BCUT2D eigenvalue weighted by Gasteiger charge is -2.63. The van der Waals surface area contributed by atoms with Gasteiger partial charge in [0.05, 0.1) is 17.6 Å². The fourth-order valence-corrected chi connectivity index (χ4v) is 10.0. The highest BCUT2D eigenvalue weighted by molar-refractivity contribution is 6.26. The van der Waals surface area contributed by atoms with Crippen molar-refractivity contribution in [1.82, 2.24) is 0 Å². The van der Waals surface area contributed by atoms with E-state index in [1.807, 2.05) is 19.9 Å². The molecule has 0 aromatic heterocycles. The van der Waals surface area contributed by atoms with E-state index >= 15 is 0 Å². The maximum atomic E-state index is 14.2. The number of ether oxygens (including phenoxy) is 3. The first kappa shape index (κ1) is 33.2. The van der Waals surface area contributed by atoms with E-state index in [1.165, 1.54) is 18.9 Å². The van der Waals surface area contributed by atoms with Gasteiger partial charge in [-0.05, 0) is 74.9 Å². The minimum Gasteiger partial charge on any atom is -0.457 e. The molecule has 5 aliphatic rings. The van der Waals surface area contributed by atoms with Crippen molar-refractivity contribution in [1.29, 1.82) is 0 Å². The lowest BCUT2D eigenvalue weighted by atomic mass is 9.45. The second kappa shape index (κ2) is 12.9. The first-order valence-electron chi connectivity index (χ1n) is 16.8. The quantitative estimate of drug-likeness (QED) is 0.150. The van der Waals surface area contributed by atoms with Crippen LogP contribution in [0.1, 0.15) is 111 Å². The van der Waals surface area contributed by atoms with Crippen molar-refractivity contribution >= 4 is 35.3 Å². The summed E-state index contributed by atoms with van der Waals surface area (Å²) < 4.78 is 17.0. The number of aliphatic hydroxyl groups excluding tert-OH is 1. The molecule has 0 amide bonds. The van der Waals surface area contributed by atoms with Gasteiger partial charge in [0.25, 0.3) is 0 Å². The number of carbonyl (C=O) groups is 4. The Morgan fingerprint density at radius 3 is 2.52 bits per heavy atom. The van der Waals surface area contributed by atoms with Crippen LogP contribution in [0.4, 0.5) is 4.79 Å². The maximum Gasteiger partial charge on any atom is 0.509 e. The van der Waals surface area contributed by atoms with Crippen LogP contribution in [0.2, 0.25) is 0 Å². The summed E-state index contributed by atoms with van der Waals surface area (Å²) >= 11 is 7.55. The van der Waals surface area contributed by atoms with E-state index in [4.69, 9.17) is 25.8 Å². The van der Waals surface area contributed by atoms with E-state index in [2.05, 4.69) is 6.92 Å². The molecule has 1 unspecified atom stereocenters. The summed E-state index contributed by atoms with van der Waals surface area (Å²) in [6, 6.07) is 0. The molecule has 0 saturated heterocycles. The zero-order valence-electron chi connectivity index (χ0n) is 26.5. The number of hydrogen-bond donors (Lipinski definition) is 1. The molecule has 4 fully saturated rings. The Balaban J connectivity index is 1.39. The van der Waals surface area contributed by atoms with E-state index in [0.717, 1.165) is 37.7 Å². The number of hydrogen-bond acceptors (Lipinski definition) is 8. The first-order valence-corrected chi connectivity index (χ1v) is 17.1. The molecule has 0 spiro atoms. The number of fused-ring (bicyclic) bond motifs is 5. The summed E-state index contributed by atoms with van der Waals surface area (Å²) in [4.78, 5) is 51.1. The Labute approximate surface area is 266 Å². The molecule has 0 bridgehead atoms. The molecule has 0 aromatic carbocycles. The largest absolute Gasteiger partial charge is 0.509 e. The van der Waals surface area contributed by atoms with Gasteiger partial charge in [-0.25, -0.2) is 4.79 Å². The van der Waals surface area contributed by atoms with E-state index in [0.29, 0.717) is 31.6 Å². The van der Waals surface area contributed by atoms with Gasteiger partial charge in [-0.15, -0.1) is 11.6 Å². The average Bonchev–Trinajstić information content (AvgIpc) is 3.61. The standard InChI is InChI=1S/C35H49ClO8/c1-4-5-8-19-42-31(41)44-34(29(39)22-43-30(40)14-11-23-9-6-7-10-23)18-16-26-27-13-12-24-20-25(37)15-17-32(24,2)35(27,36)28(38)21-33(26,34)3/h15,17,20,23,26-28,38H,4-14,16,18-19,21-22H2,1-3H3/t26-,27-,28?,32-,33-,34-,35-/m0/s1. The summed E-state index contributed by atoms with van der Waals surface area (Å²) in [7, 11) is 0. The molecule has 8 nitrogen and oxygen atoms in total. The number of allylic oxidation sites excluding steroid dienone is 4. The summed E-state index contributed by atoms with van der Waals surface area (Å²) in [5, 5.41) is 11.9. The number of halogens is 1. The zero-order chi connectivity index (χ0) is 31.8. The SMILES string of the molecule is CCCCCOC(=O)O[C@]1(C(=O)COC(=O)CCC2CCCC2)CC[C@H]2[C@@H]3CCC4=CC(=O)C=C[C@]4(C)[C@@]3(Cl)C(O)C[C@@]21C. The van der Waals surface area contributed by atoms with Gasteiger partial charge < -0.3 is 19.3 Å². The molecule has 0 aromatic rings. The molecule has 5 rings (SSSR count). The Morgan fingerprint density at radius 2 is 1.80 bits per heavy atom. The van der Waals surface area contributed by atoms with E-state index < -0.39 is 51.9 Å². The number of esters is 1. The van der Waals surface area contributed by atoms with Crippen LogP contribution in [0.5, 0.6) is 0 Å². The Morgan fingerprint density at radius 1 is 1.05 bits per heavy atom. The van der Waals surface area contributed by atoms with Crippen LogP contribution in [0.3, 0.4) is 0 Å². The van der Waals surface area contributed by atoms with E-state index in [1.54, 1.807) is 6.08 Å². The van der Waals surface area contributed by atoms with Crippen LogP contribution >= 0.6 is 11.6 Å². The number of unbranched alkanes of at least 4 members (excludes halogenated alkanes) is 2. The van der Waals surface area contributed by atoms with Gasteiger partial charge in [0, 0.05) is 17.3 Å². The van der Waals surface area contributed by atoms with Crippen LogP contribution in [0.25, 0.3) is 0 Å². The summed E-state index contributed by atoms with van der Waals surface area (Å²) in [5.74, 6) is -0.853. The number of carbonyl (C=O) groups excluding carboxylic acids is 4. The van der Waals surface area contributed by atoms with E-state index in [9.17, 15) is 24.3 Å². The Hall–Kier alpha value is -2.19. The van der Waals surface area contributed by atoms with Crippen molar-refractivity contribution < 1.29 is 38.5 Å². The Kier molecular flexibility index (Phi) is 9.73. The molecule has 1 N–H and O–H groups in total. The number of aliphatic hydroxyl groups is 1. The highest BCUT2D eigenvalue weighted by Crippen LogP contribution is 2.71.